The summed E-state index contributed by atoms with van der Waals surface area (Å²) in [7, 11) is 0. The highest BCUT2D eigenvalue weighted by Crippen LogP contribution is 2.24. The monoisotopic (exact) mass is 270 g/mol. The second kappa shape index (κ2) is 5.88. The van der Waals surface area contributed by atoms with Crippen LogP contribution in [-0.2, 0) is 14.3 Å². The van der Waals surface area contributed by atoms with Crippen molar-refractivity contribution in [2.24, 2.45) is 5.92 Å². The summed E-state index contributed by atoms with van der Waals surface area (Å²) in [6.07, 6.45) is 3.27. The van der Waals surface area contributed by atoms with E-state index in [1.807, 2.05) is 6.92 Å². The third kappa shape index (κ3) is 3.67. The first-order chi connectivity index (χ1) is 9.00. The van der Waals surface area contributed by atoms with Crippen molar-refractivity contribution in [3.63, 3.8) is 0 Å². The van der Waals surface area contributed by atoms with Gasteiger partial charge in [-0.25, -0.2) is 0 Å². The smallest absolute Gasteiger partial charge is 0.308 e. The molecule has 0 aromatic carbocycles. The Kier molecular flexibility index (Phi) is 4.42. The Morgan fingerprint density at radius 3 is 2.63 bits per heavy atom. The van der Waals surface area contributed by atoms with Crippen molar-refractivity contribution in [1.82, 2.24) is 10.6 Å². The maximum Gasteiger partial charge on any atom is 0.308 e. The Hall–Kier alpha value is -1.14. The second-order valence-electron chi connectivity index (χ2n) is 5.75. The largest absolute Gasteiger partial charge is 0.481 e. The molecule has 3 N–H and O–H groups in total. The van der Waals surface area contributed by atoms with Crippen LogP contribution in [0, 0.1) is 5.92 Å². The van der Waals surface area contributed by atoms with Crippen LogP contribution in [-0.4, -0.2) is 48.3 Å². The van der Waals surface area contributed by atoms with Crippen molar-refractivity contribution in [3.8, 4) is 0 Å². The number of carboxylic acids is 1. The molecule has 0 aromatic rings. The molecule has 2 aliphatic rings. The number of carbonyl (C=O) groups is 2. The Bertz CT molecular complexity index is 355. The molecule has 2 atom stereocenters. The molecule has 19 heavy (non-hydrogen) atoms. The summed E-state index contributed by atoms with van der Waals surface area (Å²) in [5.41, 5.74) is -0.254. The van der Waals surface area contributed by atoms with Gasteiger partial charge in [0.1, 0.15) is 6.61 Å². The molecule has 0 spiro atoms. The van der Waals surface area contributed by atoms with Gasteiger partial charge in [0, 0.05) is 19.1 Å². The van der Waals surface area contributed by atoms with E-state index >= 15 is 0 Å². The molecule has 2 unspecified atom stereocenters. The summed E-state index contributed by atoms with van der Waals surface area (Å²) in [5.74, 6) is -1.49. The molecule has 0 bridgehead atoms. The standard InChI is InChI=1S/C13H22N2O4/c1-13(7-14-8-13)19-6-11(16)15-10-5-3-2-4-9(10)12(17)18/h9-10,14H,2-8H2,1H3,(H,15,16)(H,17,18). The van der Waals surface area contributed by atoms with Gasteiger partial charge in [0.15, 0.2) is 0 Å². The molecule has 6 nitrogen and oxygen atoms in total. The minimum atomic E-state index is -0.818. The van der Waals surface area contributed by atoms with Crippen molar-refractivity contribution in [3.05, 3.63) is 0 Å². The Morgan fingerprint density at radius 2 is 2.05 bits per heavy atom. The van der Waals surface area contributed by atoms with Gasteiger partial charge in [0.25, 0.3) is 0 Å². The molecule has 6 heteroatoms. The number of carboxylic acid groups (broad SMARTS) is 1. The van der Waals surface area contributed by atoms with Crippen LogP contribution in [0.25, 0.3) is 0 Å². The van der Waals surface area contributed by atoms with Crippen LogP contribution in [0.5, 0.6) is 0 Å². The SMILES string of the molecule is CC1(OCC(=O)NC2CCCCC2C(=O)O)CNC1. The van der Waals surface area contributed by atoms with E-state index in [1.54, 1.807) is 0 Å². The Morgan fingerprint density at radius 1 is 1.37 bits per heavy atom. The van der Waals surface area contributed by atoms with Crippen LogP contribution in [0.15, 0.2) is 0 Å². The molecular weight excluding hydrogens is 248 g/mol. The lowest BCUT2D eigenvalue weighted by atomic mass is 9.84. The van der Waals surface area contributed by atoms with Gasteiger partial charge in [0.05, 0.1) is 11.5 Å². The van der Waals surface area contributed by atoms with Crippen LogP contribution in [0.2, 0.25) is 0 Å². The van der Waals surface area contributed by atoms with Gasteiger partial charge in [0.2, 0.25) is 5.91 Å². The van der Waals surface area contributed by atoms with E-state index in [9.17, 15) is 9.59 Å². The fraction of sp³-hybridized carbons (Fsp3) is 0.846. The molecule has 1 heterocycles. The van der Waals surface area contributed by atoms with Crippen molar-refractivity contribution in [2.75, 3.05) is 19.7 Å². The molecule has 2 rings (SSSR count). The highest BCUT2D eigenvalue weighted by atomic mass is 16.5. The van der Waals surface area contributed by atoms with Crippen LogP contribution in [0.4, 0.5) is 0 Å². The summed E-state index contributed by atoms with van der Waals surface area (Å²) in [5, 5.41) is 15.0. The summed E-state index contributed by atoms with van der Waals surface area (Å²) >= 11 is 0. The third-order valence-corrected chi connectivity index (χ3v) is 3.98. The number of ether oxygens (including phenoxy) is 1. The highest BCUT2D eigenvalue weighted by Gasteiger charge is 2.35. The first kappa shape index (κ1) is 14.3. The average Bonchev–Trinajstić information content (AvgIpc) is 2.34. The highest BCUT2D eigenvalue weighted by molar-refractivity contribution is 5.79. The molecule has 0 aromatic heterocycles. The topological polar surface area (TPSA) is 87.7 Å². The summed E-state index contributed by atoms with van der Waals surface area (Å²) in [6.45, 7) is 3.46. The summed E-state index contributed by atoms with van der Waals surface area (Å²) < 4.78 is 5.54. The van der Waals surface area contributed by atoms with Gasteiger partial charge >= 0.3 is 5.97 Å². The lowest BCUT2D eigenvalue weighted by Crippen LogP contribution is -2.60. The molecule has 108 valence electrons. The lowest BCUT2D eigenvalue weighted by molar-refractivity contribution is -0.145. The summed E-state index contributed by atoms with van der Waals surface area (Å²) in [6, 6.07) is -0.255. The van der Waals surface area contributed by atoms with Gasteiger partial charge in [-0.1, -0.05) is 12.8 Å². The van der Waals surface area contributed by atoms with Crippen molar-refractivity contribution in [2.45, 2.75) is 44.2 Å². The van der Waals surface area contributed by atoms with E-state index in [2.05, 4.69) is 10.6 Å². The zero-order valence-electron chi connectivity index (χ0n) is 11.3. The normalized spacial score (nSPS) is 29.3. The van der Waals surface area contributed by atoms with Crippen LogP contribution in [0.3, 0.4) is 0 Å². The number of rotatable bonds is 5. The molecule has 1 saturated heterocycles. The number of carbonyl (C=O) groups excluding carboxylic acids is 1. The van der Waals surface area contributed by atoms with Crippen molar-refractivity contribution < 1.29 is 19.4 Å². The maximum atomic E-state index is 11.8. The number of amides is 1. The van der Waals surface area contributed by atoms with Gasteiger partial charge in [-0.2, -0.15) is 0 Å². The van der Waals surface area contributed by atoms with E-state index < -0.39 is 11.9 Å². The molecule has 1 amide bonds. The van der Waals surface area contributed by atoms with E-state index in [4.69, 9.17) is 9.84 Å². The van der Waals surface area contributed by atoms with Gasteiger partial charge in [-0.3, -0.25) is 9.59 Å². The number of hydrogen-bond acceptors (Lipinski definition) is 4. The van der Waals surface area contributed by atoms with Crippen molar-refractivity contribution >= 4 is 11.9 Å². The first-order valence-electron chi connectivity index (χ1n) is 6.87. The minimum Gasteiger partial charge on any atom is -0.481 e. The third-order valence-electron chi connectivity index (χ3n) is 3.98. The maximum absolute atomic E-state index is 11.8. The van der Waals surface area contributed by atoms with Crippen LogP contribution >= 0.6 is 0 Å². The number of nitrogens with one attached hydrogen (secondary N) is 2. The lowest BCUT2D eigenvalue weighted by Gasteiger charge is -2.39. The molecule has 1 aliphatic heterocycles. The van der Waals surface area contributed by atoms with Crippen LogP contribution < -0.4 is 10.6 Å². The van der Waals surface area contributed by atoms with E-state index in [0.29, 0.717) is 6.42 Å². The number of aliphatic carboxylic acids is 1. The molecular formula is C13H22N2O4. The van der Waals surface area contributed by atoms with E-state index in [1.165, 1.54) is 0 Å². The van der Waals surface area contributed by atoms with Gasteiger partial charge in [-0.15, -0.1) is 0 Å². The predicted octanol–water partition coefficient (Wildman–Crippen LogP) is 0.124. The minimum absolute atomic E-state index is 0.00101. The van der Waals surface area contributed by atoms with Gasteiger partial charge < -0.3 is 20.5 Å². The molecule has 2 fully saturated rings. The molecule has 1 saturated carbocycles. The fourth-order valence-electron chi connectivity index (χ4n) is 2.67. The fourth-order valence-corrected chi connectivity index (χ4v) is 2.67. The predicted molar refractivity (Wildman–Crippen MR) is 68.8 cm³/mol. The van der Waals surface area contributed by atoms with Crippen molar-refractivity contribution in [1.29, 1.82) is 0 Å². The molecule has 1 aliphatic carbocycles. The Balaban J connectivity index is 1.78. The van der Waals surface area contributed by atoms with E-state index in [-0.39, 0.29) is 24.2 Å². The quantitative estimate of drug-likeness (QED) is 0.660. The zero-order chi connectivity index (χ0) is 13.9. The second-order valence-corrected chi connectivity index (χ2v) is 5.75. The Labute approximate surface area is 112 Å². The zero-order valence-corrected chi connectivity index (χ0v) is 11.3. The molecule has 0 radical (unpaired) electrons. The number of hydrogen-bond donors (Lipinski definition) is 3. The van der Waals surface area contributed by atoms with Gasteiger partial charge in [-0.05, 0) is 19.8 Å². The van der Waals surface area contributed by atoms with E-state index in [0.717, 1.165) is 32.4 Å². The average molecular weight is 270 g/mol. The first-order valence-corrected chi connectivity index (χ1v) is 6.87. The summed E-state index contributed by atoms with van der Waals surface area (Å²) in [4.78, 5) is 22.9. The van der Waals surface area contributed by atoms with Crippen LogP contribution in [0.1, 0.15) is 32.6 Å².